The summed E-state index contributed by atoms with van der Waals surface area (Å²) in [5.41, 5.74) is 5.21. The van der Waals surface area contributed by atoms with E-state index >= 15 is 0 Å². The second kappa shape index (κ2) is 9.29. The molecule has 4 rings (SSSR count). The SMILES string of the molecule is COc1cc(C(=O)N/N=C/c2c(-c3ccc(Cl)cc3)nc3sccn23)cc(OC)c1OC. The van der Waals surface area contributed by atoms with Crippen LogP contribution in [0.2, 0.25) is 5.02 Å². The minimum atomic E-state index is -0.431. The fraction of sp³-hybridized carbons (Fsp3) is 0.136. The third kappa shape index (κ3) is 4.12. The van der Waals surface area contributed by atoms with E-state index in [2.05, 4.69) is 15.5 Å². The van der Waals surface area contributed by atoms with Crippen molar-refractivity contribution in [3.8, 4) is 28.5 Å². The van der Waals surface area contributed by atoms with Gasteiger partial charge in [0.2, 0.25) is 5.75 Å². The number of hydrogen-bond acceptors (Lipinski definition) is 7. The monoisotopic (exact) mass is 470 g/mol. The highest BCUT2D eigenvalue weighted by molar-refractivity contribution is 7.15. The number of carbonyl (C=O) groups excluding carboxylic acids is 1. The fourth-order valence-electron chi connectivity index (χ4n) is 3.18. The van der Waals surface area contributed by atoms with Crippen molar-refractivity contribution in [1.29, 1.82) is 0 Å². The molecule has 10 heteroatoms. The average molecular weight is 471 g/mol. The van der Waals surface area contributed by atoms with Crippen molar-refractivity contribution in [3.05, 3.63) is 64.3 Å². The van der Waals surface area contributed by atoms with Gasteiger partial charge in [-0.1, -0.05) is 23.7 Å². The lowest BCUT2D eigenvalue weighted by atomic mass is 10.1. The lowest BCUT2D eigenvalue weighted by Crippen LogP contribution is -2.18. The van der Waals surface area contributed by atoms with Crippen molar-refractivity contribution in [3.63, 3.8) is 0 Å². The van der Waals surface area contributed by atoms with E-state index in [1.165, 1.54) is 32.7 Å². The maximum absolute atomic E-state index is 12.7. The number of nitrogens with one attached hydrogen (secondary N) is 1. The Kier molecular flexibility index (Phi) is 6.29. The number of thiazole rings is 1. The van der Waals surface area contributed by atoms with E-state index in [0.717, 1.165) is 21.9 Å². The molecule has 8 nitrogen and oxygen atoms in total. The number of nitrogens with zero attached hydrogens (tertiary/aromatic N) is 3. The second-order valence-electron chi connectivity index (χ2n) is 6.52. The van der Waals surface area contributed by atoms with Crippen LogP contribution in [0.5, 0.6) is 17.2 Å². The molecule has 32 heavy (non-hydrogen) atoms. The number of halogens is 1. The normalized spacial score (nSPS) is 11.1. The Labute approximate surface area is 193 Å². The summed E-state index contributed by atoms with van der Waals surface area (Å²) >= 11 is 7.52. The van der Waals surface area contributed by atoms with E-state index < -0.39 is 5.91 Å². The lowest BCUT2D eigenvalue weighted by Gasteiger charge is -2.13. The Hall–Kier alpha value is -3.56. The molecule has 4 aromatic rings. The van der Waals surface area contributed by atoms with Gasteiger partial charge in [0, 0.05) is 27.7 Å². The molecule has 0 saturated heterocycles. The molecule has 0 aliphatic carbocycles. The number of hydrazone groups is 1. The first-order valence-corrected chi connectivity index (χ1v) is 10.7. The van der Waals surface area contributed by atoms with Crippen LogP contribution in [-0.2, 0) is 0 Å². The van der Waals surface area contributed by atoms with Crippen molar-refractivity contribution in [2.45, 2.75) is 0 Å². The first-order valence-electron chi connectivity index (χ1n) is 9.40. The van der Waals surface area contributed by atoms with E-state index in [1.807, 2.05) is 28.1 Å². The van der Waals surface area contributed by atoms with Gasteiger partial charge in [0.1, 0.15) is 0 Å². The zero-order valence-electron chi connectivity index (χ0n) is 17.5. The zero-order chi connectivity index (χ0) is 22.7. The number of fused-ring (bicyclic) bond motifs is 1. The van der Waals surface area contributed by atoms with E-state index in [1.54, 1.807) is 30.5 Å². The summed E-state index contributed by atoms with van der Waals surface area (Å²) in [4.78, 5) is 18.2. The number of aromatic nitrogens is 2. The third-order valence-corrected chi connectivity index (χ3v) is 5.71. The molecule has 0 aliphatic rings. The molecule has 1 N–H and O–H groups in total. The van der Waals surface area contributed by atoms with Crippen LogP contribution >= 0.6 is 22.9 Å². The first kappa shape index (κ1) is 21.7. The van der Waals surface area contributed by atoms with E-state index in [4.69, 9.17) is 25.8 Å². The molecule has 2 aromatic heterocycles. The topological polar surface area (TPSA) is 86.5 Å². The molecule has 0 unspecified atom stereocenters. The molecule has 2 aromatic carbocycles. The zero-order valence-corrected chi connectivity index (χ0v) is 19.0. The van der Waals surface area contributed by atoms with Gasteiger partial charge in [0.15, 0.2) is 16.5 Å². The van der Waals surface area contributed by atoms with Gasteiger partial charge in [-0.25, -0.2) is 10.4 Å². The molecule has 1 amide bonds. The predicted octanol–water partition coefficient (Wildman–Crippen LogP) is 4.51. The van der Waals surface area contributed by atoms with Gasteiger partial charge in [-0.3, -0.25) is 9.20 Å². The quantitative estimate of drug-likeness (QED) is 0.317. The standard InChI is InChI=1S/C22H19ClN4O4S/c1-29-17-10-14(11-18(30-2)20(17)31-3)21(28)26-24-12-16-19(13-4-6-15(23)7-5-13)25-22-27(16)8-9-32-22/h4-12H,1-3H3,(H,26,28)/b24-12+. The largest absolute Gasteiger partial charge is 0.493 e. The summed E-state index contributed by atoms with van der Waals surface area (Å²) in [6.07, 6.45) is 3.46. The maximum Gasteiger partial charge on any atom is 0.271 e. The molecule has 0 spiro atoms. The van der Waals surface area contributed by atoms with Crippen LogP contribution in [0.15, 0.2) is 53.1 Å². The molecular formula is C22H19ClN4O4S. The van der Waals surface area contributed by atoms with E-state index in [-0.39, 0.29) is 0 Å². The van der Waals surface area contributed by atoms with Crippen LogP contribution in [-0.4, -0.2) is 42.8 Å². The molecular weight excluding hydrogens is 452 g/mol. The van der Waals surface area contributed by atoms with Crippen LogP contribution in [0.1, 0.15) is 16.1 Å². The molecule has 164 valence electrons. The number of amides is 1. The number of benzene rings is 2. The average Bonchev–Trinajstić information content (AvgIpc) is 3.40. The van der Waals surface area contributed by atoms with Gasteiger partial charge in [-0.15, -0.1) is 11.3 Å². The number of hydrogen-bond donors (Lipinski definition) is 1. The van der Waals surface area contributed by atoms with Gasteiger partial charge in [-0.05, 0) is 24.3 Å². The molecule has 0 saturated carbocycles. The highest BCUT2D eigenvalue weighted by Gasteiger charge is 2.17. The summed E-state index contributed by atoms with van der Waals surface area (Å²) in [5, 5.41) is 6.73. The Morgan fingerprint density at radius 2 is 1.81 bits per heavy atom. The number of rotatable bonds is 7. The maximum atomic E-state index is 12.7. The van der Waals surface area contributed by atoms with Crippen molar-refractivity contribution in [1.82, 2.24) is 14.8 Å². The lowest BCUT2D eigenvalue weighted by molar-refractivity contribution is 0.0954. The number of carbonyl (C=O) groups is 1. The van der Waals surface area contributed by atoms with Crippen molar-refractivity contribution in [2.24, 2.45) is 5.10 Å². The summed E-state index contributed by atoms with van der Waals surface area (Å²) in [6, 6.07) is 10.5. The smallest absolute Gasteiger partial charge is 0.271 e. The molecule has 0 radical (unpaired) electrons. The summed E-state index contributed by atoms with van der Waals surface area (Å²) in [5.74, 6) is 0.727. The van der Waals surface area contributed by atoms with Crippen LogP contribution in [0.3, 0.4) is 0 Å². The van der Waals surface area contributed by atoms with Crippen molar-refractivity contribution >= 4 is 40.0 Å². The van der Waals surface area contributed by atoms with Crippen molar-refractivity contribution in [2.75, 3.05) is 21.3 Å². The van der Waals surface area contributed by atoms with Gasteiger partial charge in [-0.2, -0.15) is 5.10 Å². The van der Waals surface area contributed by atoms with Gasteiger partial charge in [0.25, 0.3) is 5.91 Å². The summed E-state index contributed by atoms with van der Waals surface area (Å²) < 4.78 is 17.8. The minimum absolute atomic E-state index is 0.309. The Morgan fingerprint density at radius 3 is 2.44 bits per heavy atom. The fourth-order valence-corrected chi connectivity index (χ4v) is 4.02. The Morgan fingerprint density at radius 1 is 1.12 bits per heavy atom. The Balaban J connectivity index is 1.62. The highest BCUT2D eigenvalue weighted by Crippen LogP contribution is 2.38. The first-order chi connectivity index (χ1) is 15.5. The second-order valence-corrected chi connectivity index (χ2v) is 7.83. The number of methoxy groups -OCH3 is 3. The predicted molar refractivity (Wildman–Crippen MR) is 125 cm³/mol. The van der Waals surface area contributed by atoms with Crippen molar-refractivity contribution < 1.29 is 19.0 Å². The summed E-state index contributed by atoms with van der Waals surface area (Å²) in [7, 11) is 4.47. The van der Waals surface area contributed by atoms with Crippen LogP contribution in [0.25, 0.3) is 16.2 Å². The summed E-state index contributed by atoms with van der Waals surface area (Å²) in [6.45, 7) is 0. The van der Waals surface area contributed by atoms with Crippen LogP contribution in [0, 0.1) is 0 Å². The van der Waals surface area contributed by atoms with Crippen LogP contribution < -0.4 is 19.6 Å². The molecule has 0 fully saturated rings. The molecule has 0 bridgehead atoms. The van der Waals surface area contributed by atoms with Gasteiger partial charge in [0.05, 0.1) is 38.9 Å². The highest BCUT2D eigenvalue weighted by atomic mass is 35.5. The number of ether oxygens (including phenoxy) is 3. The van der Waals surface area contributed by atoms with Gasteiger partial charge >= 0.3 is 0 Å². The van der Waals surface area contributed by atoms with Gasteiger partial charge < -0.3 is 14.2 Å². The van der Waals surface area contributed by atoms with E-state index in [9.17, 15) is 4.79 Å². The molecule has 0 aliphatic heterocycles. The van der Waals surface area contributed by atoms with Crippen LogP contribution in [0.4, 0.5) is 0 Å². The number of imidazole rings is 1. The van der Waals surface area contributed by atoms with E-state index in [0.29, 0.717) is 27.8 Å². The molecule has 2 heterocycles. The Bertz CT molecular complexity index is 1270. The minimum Gasteiger partial charge on any atom is -0.493 e. The third-order valence-electron chi connectivity index (χ3n) is 4.70. The molecule has 0 atom stereocenters.